The second-order valence-electron chi connectivity index (χ2n) is 5.50. The van der Waals surface area contributed by atoms with Crippen LogP contribution in [0.5, 0.6) is 5.75 Å². The van der Waals surface area contributed by atoms with E-state index in [0.29, 0.717) is 21.9 Å². The molecule has 3 aromatic rings. The fraction of sp³-hybridized carbons (Fsp3) is 0.235. The molecule has 9 heteroatoms. The van der Waals surface area contributed by atoms with E-state index in [1.165, 1.54) is 13.2 Å². The van der Waals surface area contributed by atoms with Crippen molar-refractivity contribution in [3.8, 4) is 5.75 Å². The van der Waals surface area contributed by atoms with Crippen LogP contribution in [0.2, 0.25) is 5.02 Å². The van der Waals surface area contributed by atoms with Crippen molar-refractivity contribution in [2.45, 2.75) is 24.9 Å². The minimum atomic E-state index is -3.85. The Kier molecular flexibility index (Phi) is 5.57. The van der Waals surface area contributed by atoms with E-state index in [2.05, 4.69) is 25.6 Å². The summed E-state index contributed by atoms with van der Waals surface area (Å²) in [4.78, 5) is 4.50. The molecule has 26 heavy (non-hydrogen) atoms. The van der Waals surface area contributed by atoms with E-state index in [9.17, 15) is 8.42 Å². The Morgan fingerprint density at radius 1 is 1.31 bits per heavy atom. The first-order valence-electron chi connectivity index (χ1n) is 7.84. The molecule has 2 aromatic carbocycles. The van der Waals surface area contributed by atoms with E-state index in [0.717, 1.165) is 11.0 Å². The number of sulfonamides is 1. The van der Waals surface area contributed by atoms with Crippen molar-refractivity contribution < 1.29 is 13.2 Å². The normalized spacial score (nSPS) is 11.8. The lowest BCUT2D eigenvalue weighted by Gasteiger charge is -2.13. The first-order chi connectivity index (χ1) is 12.4. The predicted octanol–water partition coefficient (Wildman–Crippen LogP) is 3.96. The zero-order valence-electron chi connectivity index (χ0n) is 14.2. The molecule has 1 heterocycles. The Labute approximate surface area is 165 Å². The van der Waals surface area contributed by atoms with Crippen LogP contribution in [-0.4, -0.2) is 25.1 Å². The van der Waals surface area contributed by atoms with E-state index in [4.69, 9.17) is 16.3 Å². The quantitative estimate of drug-likeness (QED) is 0.607. The van der Waals surface area contributed by atoms with Gasteiger partial charge in [0.05, 0.1) is 29.2 Å². The number of para-hydroxylation sites is 2. The number of hydrogen-bond acceptors (Lipinski definition) is 4. The maximum atomic E-state index is 12.8. The van der Waals surface area contributed by atoms with Gasteiger partial charge in [-0.05, 0) is 47.1 Å². The Hall–Kier alpha value is -1.61. The van der Waals surface area contributed by atoms with Crippen LogP contribution in [0, 0.1) is 0 Å². The molecule has 1 aromatic heterocycles. The van der Waals surface area contributed by atoms with Crippen molar-refractivity contribution in [1.82, 2.24) is 14.3 Å². The number of imidazole rings is 1. The molecule has 0 radical (unpaired) electrons. The summed E-state index contributed by atoms with van der Waals surface area (Å²) in [6.07, 6.45) is 0. The number of methoxy groups -OCH3 is 1. The molecule has 0 aliphatic rings. The molecule has 0 spiro atoms. The first-order valence-corrected chi connectivity index (χ1v) is 10.5. The van der Waals surface area contributed by atoms with Crippen LogP contribution < -0.4 is 9.46 Å². The number of fused-ring (bicyclic) bond motifs is 1. The molecule has 0 aliphatic heterocycles. The molecule has 138 valence electrons. The van der Waals surface area contributed by atoms with Crippen LogP contribution in [0.3, 0.4) is 0 Å². The van der Waals surface area contributed by atoms with Crippen molar-refractivity contribution in [3.63, 3.8) is 0 Å². The minimum Gasteiger partial charge on any atom is -0.494 e. The third-order valence-corrected chi connectivity index (χ3v) is 6.15. The molecule has 6 nitrogen and oxygen atoms in total. The summed E-state index contributed by atoms with van der Waals surface area (Å²) in [6.45, 7) is 2.73. The van der Waals surface area contributed by atoms with Gasteiger partial charge in [0.25, 0.3) is 0 Å². The number of halogens is 2. The number of hydrogen-bond donors (Lipinski definition) is 1. The van der Waals surface area contributed by atoms with Crippen molar-refractivity contribution in [2.24, 2.45) is 0 Å². The monoisotopic (exact) mass is 457 g/mol. The number of aromatic nitrogens is 2. The van der Waals surface area contributed by atoms with Crippen molar-refractivity contribution >= 4 is 48.6 Å². The van der Waals surface area contributed by atoms with E-state index >= 15 is 0 Å². The number of aryl methyl sites for hydroxylation is 1. The molecule has 1 N–H and O–H groups in total. The lowest BCUT2D eigenvalue weighted by atomic mass is 10.3. The zero-order chi connectivity index (χ0) is 18.9. The number of ether oxygens (including phenoxy) is 1. The summed E-state index contributed by atoms with van der Waals surface area (Å²) in [5, 5.41) is 0.291. The highest BCUT2D eigenvalue weighted by Crippen LogP contribution is 2.35. The molecule has 0 saturated heterocycles. The summed E-state index contributed by atoms with van der Waals surface area (Å²) < 4.78 is 35.8. The topological polar surface area (TPSA) is 73.2 Å². The lowest BCUT2D eigenvalue weighted by Crippen LogP contribution is -2.25. The largest absolute Gasteiger partial charge is 0.494 e. The first kappa shape index (κ1) is 19.2. The molecule has 0 fully saturated rings. The highest BCUT2D eigenvalue weighted by Gasteiger charge is 2.23. The molecular weight excluding hydrogens is 442 g/mol. The Bertz CT molecular complexity index is 1070. The highest BCUT2D eigenvalue weighted by atomic mass is 79.9. The summed E-state index contributed by atoms with van der Waals surface area (Å²) in [5.41, 5.74) is 1.79. The summed E-state index contributed by atoms with van der Waals surface area (Å²) in [7, 11) is -2.45. The molecule has 0 bridgehead atoms. The average Bonchev–Trinajstić information content (AvgIpc) is 2.97. The number of rotatable bonds is 6. The zero-order valence-corrected chi connectivity index (χ0v) is 17.3. The van der Waals surface area contributed by atoms with E-state index in [1.807, 2.05) is 35.8 Å². The van der Waals surface area contributed by atoms with Gasteiger partial charge in [-0.25, -0.2) is 18.1 Å². The van der Waals surface area contributed by atoms with Crippen molar-refractivity contribution in [3.05, 3.63) is 51.7 Å². The fourth-order valence-electron chi connectivity index (χ4n) is 2.78. The Balaban J connectivity index is 1.95. The maximum Gasteiger partial charge on any atom is 0.244 e. The molecule has 0 amide bonds. The van der Waals surface area contributed by atoms with Gasteiger partial charge in [0.2, 0.25) is 10.0 Å². The molecule has 0 atom stereocenters. The average molecular weight is 459 g/mol. The smallest absolute Gasteiger partial charge is 0.244 e. The predicted molar refractivity (Wildman–Crippen MR) is 105 cm³/mol. The SMILES string of the molecule is CCn1c(CNS(=O)(=O)c2cc(Cl)cc(Br)c2OC)nc2ccccc21. The number of nitrogens with zero attached hydrogens (tertiary/aromatic N) is 2. The number of benzene rings is 2. The number of nitrogens with one attached hydrogen (secondary N) is 1. The Morgan fingerprint density at radius 3 is 2.73 bits per heavy atom. The van der Waals surface area contributed by atoms with E-state index in [1.54, 1.807) is 6.07 Å². The third-order valence-electron chi connectivity index (χ3n) is 3.94. The molecule has 3 rings (SSSR count). The van der Waals surface area contributed by atoms with E-state index in [-0.39, 0.29) is 17.2 Å². The van der Waals surface area contributed by atoms with Crippen LogP contribution in [0.4, 0.5) is 0 Å². The van der Waals surface area contributed by atoms with Gasteiger partial charge >= 0.3 is 0 Å². The molecule has 0 unspecified atom stereocenters. The molecule has 0 saturated carbocycles. The third kappa shape index (κ3) is 3.59. The fourth-order valence-corrected chi connectivity index (χ4v) is 5.15. The van der Waals surface area contributed by atoms with Crippen LogP contribution in [0.15, 0.2) is 45.8 Å². The van der Waals surface area contributed by atoms with Crippen LogP contribution >= 0.6 is 27.5 Å². The Morgan fingerprint density at radius 2 is 2.04 bits per heavy atom. The summed E-state index contributed by atoms with van der Waals surface area (Å²) in [5.74, 6) is 0.836. The standard InChI is InChI=1S/C17H17BrClN3O3S/c1-3-22-14-7-5-4-6-13(14)21-16(22)10-20-26(23,24)15-9-11(19)8-12(18)17(15)25-2/h4-9,20H,3,10H2,1-2H3. The molecular formula is C17H17BrClN3O3S. The molecule has 0 aliphatic carbocycles. The van der Waals surface area contributed by atoms with Gasteiger partial charge in [-0.2, -0.15) is 0 Å². The van der Waals surface area contributed by atoms with Crippen molar-refractivity contribution in [2.75, 3.05) is 7.11 Å². The second-order valence-corrected chi connectivity index (χ2v) is 8.53. The second kappa shape index (κ2) is 7.56. The van der Waals surface area contributed by atoms with Crippen LogP contribution in [-0.2, 0) is 23.1 Å². The van der Waals surface area contributed by atoms with Gasteiger partial charge in [0, 0.05) is 11.6 Å². The lowest BCUT2D eigenvalue weighted by molar-refractivity contribution is 0.399. The van der Waals surface area contributed by atoms with Crippen LogP contribution in [0.25, 0.3) is 11.0 Å². The summed E-state index contributed by atoms with van der Waals surface area (Å²) >= 11 is 9.28. The van der Waals surface area contributed by atoms with Crippen molar-refractivity contribution in [1.29, 1.82) is 0 Å². The maximum absolute atomic E-state index is 12.8. The summed E-state index contributed by atoms with van der Waals surface area (Å²) in [6, 6.07) is 10.6. The van der Waals surface area contributed by atoms with Gasteiger partial charge < -0.3 is 9.30 Å². The van der Waals surface area contributed by atoms with Gasteiger partial charge in [-0.15, -0.1) is 0 Å². The van der Waals surface area contributed by atoms with E-state index < -0.39 is 10.0 Å². The highest BCUT2D eigenvalue weighted by molar-refractivity contribution is 9.10. The van der Waals surface area contributed by atoms with Crippen LogP contribution in [0.1, 0.15) is 12.7 Å². The van der Waals surface area contributed by atoms with Gasteiger partial charge in [0.1, 0.15) is 10.7 Å². The van der Waals surface area contributed by atoms with Gasteiger partial charge in [0.15, 0.2) is 5.75 Å². The van der Waals surface area contributed by atoms with Gasteiger partial charge in [-0.1, -0.05) is 23.7 Å². The minimum absolute atomic E-state index is 0.0291. The van der Waals surface area contributed by atoms with Gasteiger partial charge in [-0.3, -0.25) is 0 Å².